The van der Waals surface area contributed by atoms with Gasteiger partial charge in [-0.1, -0.05) is 13.8 Å². The summed E-state index contributed by atoms with van der Waals surface area (Å²) in [4.78, 5) is 8.83. The zero-order valence-electron chi connectivity index (χ0n) is 10.1. The van der Waals surface area contributed by atoms with Crippen LogP contribution >= 0.6 is 22.9 Å². The van der Waals surface area contributed by atoms with Crippen LogP contribution in [0, 0.1) is 0 Å². The Labute approximate surface area is 110 Å². The highest BCUT2D eigenvalue weighted by molar-refractivity contribution is 7.09. The Kier molecular flexibility index (Phi) is 4.18. The molecule has 0 saturated heterocycles. The van der Waals surface area contributed by atoms with Crippen molar-refractivity contribution in [2.45, 2.75) is 38.6 Å². The van der Waals surface area contributed by atoms with E-state index in [0.717, 1.165) is 29.5 Å². The van der Waals surface area contributed by atoms with Crippen molar-refractivity contribution < 1.29 is 0 Å². The number of nitrogens with zero attached hydrogens (tertiary/aromatic N) is 3. The summed E-state index contributed by atoms with van der Waals surface area (Å²) in [6, 6.07) is 0. The Morgan fingerprint density at radius 3 is 2.94 bits per heavy atom. The second-order valence-electron chi connectivity index (χ2n) is 4.25. The van der Waals surface area contributed by atoms with Crippen molar-refractivity contribution in [2.75, 3.05) is 0 Å². The number of hydrogen-bond acceptors (Lipinski definition) is 3. The van der Waals surface area contributed by atoms with Gasteiger partial charge in [-0.15, -0.1) is 22.9 Å². The topological polar surface area (TPSA) is 30.7 Å². The highest BCUT2D eigenvalue weighted by Crippen LogP contribution is 2.15. The summed E-state index contributed by atoms with van der Waals surface area (Å²) in [5, 5.41) is 3.17. The van der Waals surface area contributed by atoms with Gasteiger partial charge in [0.25, 0.3) is 0 Å². The van der Waals surface area contributed by atoms with Crippen molar-refractivity contribution in [3.05, 3.63) is 34.3 Å². The van der Waals surface area contributed by atoms with Crippen molar-refractivity contribution in [3.63, 3.8) is 0 Å². The lowest BCUT2D eigenvalue weighted by Gasteiger charge is -2.08. The first-order valence-corrected chi connectivity index (χ1v) is 7.12. The summed E-state index contributed by atoms with van der Waals surface area (Å²) in [7, 11) is 0. The Balaban J connectivity index is 1.99. The van der Waals surface area contributed by atoms with E-state index in [1.165, 1.54) is 0 Å². The fraction of sp³-hybridized carbons (Fsp3) is 0.500. The Morgan fingerprint density at radius 2 is 2.29 bits per heavy atom. The van der Waals surface area contributed by atoms with E-state index in [9.17, 15) is 0 Å². The maximum absolute atomic E-state index is 5.74. The van der Waals surface area contributed by atoms with Gasteiger partial charge in [0.15, 0.2) is 0 Å². The second kappa shape index (κ2) is 5.65. The number of hydrogen-bond donors (Lipinski definition) is 0. The molecular weight excluding hydrogens is 254 g/mol. The fourth-order valence-corrected chi connectivity index (χ4v) is 2.77. The van der Waals surface area contributed by atoms with E-state index >= 15 is 0 Å². The molecule has 0 aliphatic heterocycles. The summed E-state index contributed by atoms with van der Waals surface area (Å²) in [5.41, 5.74) is 0.974. The van der Waals surface area contributed by atoms with Crippen LogP contribution in [0.3, 0.4) is 0 Å². The lowest BCUT2D eigenvalue weighted by atomic mass is 10.2. The minimum absolute atomic E-state index is 0.458. The molecule has 92 valence electrons. The third-order valence-electron chi connectivity index (χ3n) is 2.57. The molecule has 2 aromatic rings. The number of rotatable bonds is 5. The number of imidazole rings is 1. The molecule has 0 aromatic carbocycles. The molecule has 0 aliphatic rings. The Hall–Kier alpha value is -0.870. The van der Waals surface area contributed by atoms with Gasteiger partial charge in [-0.05, 0) is 0 Å². The second-order valence-corrected chi connectivity index (χ2v) is 5.46. The molecule has 0 bridgehead atoms. The zero-order chi connectivity index (χ0) is 12.3. The summed E-state index contributed by atoms with van der Waals surface area (Å²) >= 11 is 7.42. The van der Waals surface area contributed by atoms with E-state index in [4.69, 9.17) is 11.6 Å². The maximum Gasteiger partial charge on any atom is 0.111 e. The predicted octanol–water partition coefficient (Wildman–Crippen LogP) is 3.44. The van der Waals surface area contributed by atoms with Gasteiger partial charge >= 0.3 is 0 Å². The molecule has 0 unspecified atom stereocenters. The lowest BCUT2D eigenvalue weighted by Crippen LogP contribution is -2.06. The van der Waals surface area contributed by atoms with E-state index in [2.05, 4.69) is 28.4 Å². The summed E-state index contributed by atoms with van der Waals surface area (Å²) < 4.78 is 2.20. The van der Waals surface area contributed by atoms with Crippen LogP contribution in [-0.4, -0.2) is 14.5 Å². The highest BCUT2D eigenvalue weighted by atomic mass is 35.5. The minimum atomic E-state index is 0.458. The lowest BCUT2D eigenvalue weighted by molar-refractivity contribution is 0.618. The van der Waals surface area contributed by atoms with Crippen LogP contribution in [0.4, 0.5) is 0 Å². The SMILES string of the molecule is CC(C)c1nccn1CCc1nc(CCl)cs1. The van der Waals surface area contributed by atoms with Crippen molar-refractivity contribution in [1.82, 2.24) is 14.5 Å². The molecule has 0 atom stereocenters. The maximum atomic E-state index is 5.74. The standard InChI is InChI=1S/C12H16ClN3S/c1-9(2)12-14-4-6-16(12)5-3-11-15-10(7-13)8-17-11/h4,6,8-9H,3,5,7H2,1-2H3. The minimum Gasteiger partial charge on any atom is -0.334 e. The fourth-order valence-electron chi connectivity index (χ4n) is 1.75. The molecule has 3 nitrogen and oxygen atoms in total. The molecular formula is C12H16ClN3S. The van der Waals surface area contributed by atoms with Gasteiger partial charge < -0.3 is 4.57 Å². The molecule has 0 fully saturated rings. The summed E-state index contributed by atoms with van der Waals surface area (Å²) in [6.45, 7) is 5.25. The van der Waals surface area contributed by atoms with Gasteiger partial charge in [0.2, 0.25) is 0 Å². The van der Waals surface area contributed by atoms with Crippen molar-refractivity contribution in [1.29, 1.82) is 0 Å². The molecule has 0 amide bonds. The van der Waals surface area contributed by atoms with Crippen LogP contribution in [0.5, 0.6) is 0 Å². The van der Waals surface area contributed by atoms with E-state index in [-0.39, 0.29) is 0 Å². The first-order valence-electron chi connectivity index (χ1n) is 5.71. The highest BCUT2D eigenvalue weighted by Gasteiger charge is 2.08. The van der Waals surface area contributed by atoms with Gasteiger partial charge in [0.05, 0.1) is 16.6 Å². The third kappa shape index (κ3) is 3.07. The quantitative estimate of drug-likeness (QED) is 0.779. The summed E-state index contributed by atoms with van der Waals surface area (Å²) in [5.74, 6) is 2.09. The number of thiazole rings is 1. The molecule has 2 heterocycles. The smallest absolute Gasteiger partial charge is 0.111 e. The molecule has 0 aliphatic carbocycles. The number of alkyl halides is 1. The van der Waals surface area contributed by atoms with Crippen LogP contribution in [0.25, 0.3) is 0 Å². The monoisotopic (exact) mass is 269 g/mol. The van der Waals surface area contributed by atoms with Gasteiger partial charge in [0, 0.05) is 36.7 Å². The average Bonchev–Trinajstić information content (AvgIpc) is 2.95. The normalized spacial score (nSPS) is 11.3. The Morgan fingerprint density at radius 1 is 1.47 bits per heavy atom. The van der Waals surface area contributed by atoms with Gasteiger partial charge in [-0.2, -0.15) is 0 Å². The first-order chi connectivity index (χ1) is 8.20. The first kappa shape index (κ1) is 12.6. The molecule has 0 radical (unpaired) electrons. The molecule has 0 saturated carbocycles. The molecule has 17 heavy (non-hydrogen) atoms. The van der Waals surface area contributed by atoms with Gasteiger partial charge in [0.1, 0.15) is 5.82 Å². The van der Waals surface area contributed by atoms with Crippen molar-refractivity contribution in [2.24, 2.45) is 0 Å². The van der Waals surface area contributed by atoms with Gasteiger partial charge in [-0.3, -0.25) is 0 Å². The van der Waals surface area contributed by atoms with Gasteiger partial charge in [-0.25, -0.2) is 9.97 Å². The van der Waals surface area contributed by atoms with Crippen LogP contribution in [0.15, 0.2) is 17.8 Å². The molecule has 5 heteroatoms. The zero-order valence-corrected chi connectivity index (χ0v) is 11.6. The third-order valence-corrected chi connectivity index (χ3v) is 3.80. The summed E-state index contributed by atoms with van der Waals surface area (Å²) in [6.07, 6.45) is 4.84. The molecule has 2 rings (SSSR count). The Bertz CT molecular complexity index is 476. The van der Waals surface area contributed by atoms with Crippen LogP contribution < -0.4 is 0 Å². The van der Waals surface area contributed by atoms with Crippen LogP contribution in [0.2, 0.25) is 0 Å². The van der Waals surface area contributed by atoms with Crippen molar-refractivity contribution >= 4 is 22.9 Å². The van der Waals surface area contributed by atoms with Crippen LogP contribution in [-0.2, 0) is 18.8 Å². The molecule has 0 N–H and O–H groups in total. The largest absolute Gasteiger partial charge is 0.334 e. The number of halogens is 1. The average molecular weight is 270 g/mol. The van der Waals surface area contributed by atoms with Crippen LogP contribution in [0.1, 0.15) is 36.3 Å². The van der Waals surface area contributed by atoms with Crippen molar-refractivity contribution in [3.8, 4) is 0 Å². The van der Waals surface area contributed by atoms with E-state index in [1.807, 2.05) is 17.8 Å². The molecule has 0 spiro atoms. The predicted molar refractivity (Wildman–Crippen MR) is 71.7 cm³/mol. The van der Waals surface area contributed by atoms with E-state index in [0.29, 0.717) is 11.8 Å². The molecule has 2 aromatic heterocycles. The number of aryl methyl sites for hydroxylation is 2. The number of aromatic nitrogens is 3. The van der Waals surface area contributed by atoms with E-state index in [1.54, 1.807) is 11.3 Å². The van der Waals surface area contributed by atoms with E-state index < -0.39 is 0 Å².